The molecule has 0 bridgehead atoms. The minimum Gasteiger partial charge on any atom is -0.458 e. The van der Waals surface area contributed by atoms with Crippen LogP contribution in [0.4, 0.5) is 0 Å². The summed E-state index contributed by atoms with van der Waals surface area (Å²) in [5, 5.41) is 2.43. The lowest BCUT2D eigenvalue weighted by atomic mass is 10.2. The first-order valence-electron chi connectivity index (χ1n) is 5.92. The Hall–Kier alpha value is -2.11. The van der Waals surface area contributed by atoms with Crippen LogP contribution in [0, 0.1) is 0 Å². The highest BCUT2D eigenvalue weighted by Crippen LogP contribution is 2.08. The van der Waals surface area contributed by atoms with E-state index in [9.17, 15) is 14.4 Å². The van der Waals surface area contributed by atoms with Crippen molar-refractivity contribution in [1.82, 2.24) is 10.3 Å². The normalized spacial score (nSPS) is 12.6. The molecule has 1 aromatic heterocycles. The number of nitrogens with one attached hydrogen (secondary N) is 2. The molecule has 0 unspecified atom stereocenters. The third-order valence-corrected chi connectivity index (χ3v) is 2.17. The second-order valence-electron chi connectivity index (χ2n) is 5.14. The number of carbonyl (C=O) groups is 2. The molecule has 19 heavy (non-hydrogen) atoms. The van der Waals surface area contributed by atoms with Crippen LogP contribution in [-0.2, 0) is 9.53 Å². The van der Waals surface area contributed by atoms with Crippen molar-refractivity contribution in [3.63, 3.8) is 0 Å². The molecule has 0 aliphatic heterocycles. The van der Waals surface area contributed by atoms with E-state index >= 15 is 0 Å². The summed E-state index contributed by atoms with van der Waals surface area (Å²) in [7, 11) is 0. The first-order chi connectivity index (χ1) is 8.70. The first kappa shape index (κ1) is 14.9. The Bertz CT molecular complexity index is 528. The second kappa shape index (κ2) is 5.69. The van der Waals surface area contributed by atoms with Crippen LogP contribution in [-0.4, -0.2) is 28.5 Å². The van der Waals surface area contributed by atoms with Crippen molar-refractivity contribution in [2.45, 2.75) is 39.3 Å². The minimum absolute atomic E-state index is 0.0436. The lowest BCUT2D eigenvalue weighted by Crippen LogP contribution is -2.43. The molecule has 1 rings (SSSR count). The number of hydrogen-bond acceptors (Lipinski definition) is 4. The highest BCUT2D eigenvalue weighted by Gasteiger charge is 2.23. The Kier molecular flexibility index (Phi) is 4.47. The van der Waals surface area contributed by atoms with Crippen LogP contribution in [0.25, 0.3) is 0 Å². The lowest BCUT2D eigenvalue weighted by molar-refractivity contribution is -0.156. The van der Waals surface area contributed by atoms with E-state index in [4.69, 9.17) is 4.74 Å². The van der Waals surface area contributed by atoms with E-state index in [2.05, 4.69) is 10.3 Å². The Morgan fingerprint density at radius 2 is 2.00 bits per heavy atom. The van der Waals surface area contributed by atoms with Crippen LogP contribution in [0.5, 0.6) is 0 Å². The van der Waals surface area contributed by atoms with Gasteiger partial charge in [-0.05, 0) is 39.8 Å². The van der Waals surface area contributed by atoms with Crippen molar-refractivity contribution in [3.05, 3.63) is 34.2 Å². The molecule has 0 fully saturated rings. The highest BCUT2D eigenvalue weighted by atomic mass is 16.6. The first-order valence-corrected chi connectivity index (χ1v) is 5.92. The maximum atomic E-state index is 11.8. The number of esters is 1. The third-order valence-electron chi connectivity index (χ3n) is 2.17. The van der Waals surface area contributed by atoms with Gasteiger partial charge < -0.3 is 15.0 Å². The van der Waals surface area contributed by atoms with Crippen LogP contribution in [0.3, 0.4) is 0 Å². The summed E-state index contributed by atoms with van der Waals surface area (Å²) in [5.74, 6) is -1.16. The fraction of sp³-hybridized carbons (Fsp3) is 0.462. The molecular weight excluding hydrogens is 248 g/mol. The van der Waals surface area contributed by atoms with E-state index in [1.807, 2.05) is 0 Å². The van der Waals surface area contributed by atoms with Crippen molar-refractivity contribution < 1.29 is 14.3 Å². The Morgan fingerprint density at radius 3 is 2.53 bits per heavy atom. The third kappa shape index (κ3) is 4.57. The van der Waals surface area contributed by atoms with Gasteiger partial charge >= 0.3 is 5.97 Å². The van der Waals surface area contributed by atoms with Crippen molar-refractivity contribution in [1.29, 1.82) is 0 Å². The number of carbonyl (C=O) groups excluding carboxylic acids is 2. The molecule has 0 aliphatic carbocycles. The van der Waals surface area contributed by atoms with Gasteiger partial charge in [-0.3, -0.25) is 9.59 Å². The molecule has 0 aromatic carbocycles. The van der Waals surface area contributed by atoms with Gasteiger partial charge in [0.25, 0.3) is 11.5 Å². The summed E-state index contributed by atoms with van der Waals surface area (Å²) in [6.07, 6.45) is 1.43. The molecule has 0 radical (unpaired) electrons. The molecular formula is C13H18N2O4. The topological polar surface area (TPSA) is 88.3 Å². The molecule has 0 saturated carbocycles. The molecule has 0 aliphatic rings. The van der Waals surface area contributed by atoms with Crippen molar-refractivity contribution >= 4 is 11.9 Å². The summed E-state index contributed by atoms with van der Waals surface area (Å²) in [6, 6.07) is 2.09. The van der Waals surface area contributed by atoms with E-state index in [1.54, 1.807) is 20.8 Å². The Labute approximate surface area is 111 Å². The van der Waals surface area contributed by atoms with Gasteiger partial charge in [-0.1, -0.05) is 0 Å². The number of aromatic nitrogens is 1. The molecule has 6 nitrogen and oxygen atoms in total. The zero-order chi connectivity index (χ0) is 14.6. The van der Waals surface area contributed by atoms with Crippen molar-refractivity contribution in [2.75, 3.05) is 0 Å². The second-order valence-corrected chi connectivity index (χ2v) is 5.14. The molecule has 1 aromatic rings. The molecule has 1 atom stereocenters. The van der Waals surface area contributed by atoms with Crippen LogP contribution in [0.2, 0.25) is 0 Å². The lowest BCUT2D eigenvalue weighted by Gasteiger charge is -2.22. The molecule has 104 valence electrons. The van der Waals surface area contributed by atoms with Gasteiger partial charge in [0, 0.05) is 6.20 Å². The number of aromatic amines is 1. The van der Waals surface area contributed by atoms with Gasteiger partial charge in [0.1, 0.15) is 17.2 Å². The number of amides is 1. The number of H-pyrrole nitrogens is 1. The maximum Gasteiger partial charge on any atom is 0.328 e. The monoisotopic (exact) mass is 266 g/mol. The molecule has 2 N–H and O–H groups in total. The zero-order valence-electron chi connectivity index (χ0n) is 11.4. The van der Waals surface area contributed by atoms with Gasteiger partial charge in [0.15, 0.2) is 0 Å². The number of hydrogen-bond donors (Lipinski definition) is 2. The molecule has 6 heteroatoms. The van der Waals surface area contributed by atoms with Gasteiger partial charge in [0.05, 0.1) is 0 Å². The summed E-state index contributed by atoms with van der Waals surface area (Å²) >= 11 is 0. The van der Waals surface area contributed by atoms with Gasteiger partial charge in [-0.15, -0.1) is 0 Å². The van der Waals surface area contributed by atoms with Crippen LogP contribution in [0.15, 0.2) is 23.1 Å². The van der Waals surface area contributed by atoms with E-state index < -0.39 is 29.1 Å². The van der Waals surface area contributed by atoms with E-state index in [-0.39, 0.29) is 5.56 Å². The van der Waals surface area contributed by atoms with Crippen molar-refractivity contribution in [3.8, 4) is 0 Å². The number of rotatable bonds is 3. The van der Waals surface area contributed by atoms with E-state index in [1.165, 1.54) is 25.3 Å². The molecule has 0 spiro atoms. The summed E-state index contributed by atoms with van der Waals surface area (Å²) < 4.78 is 5.13. The van der Waals surface area contributed by atoms with Gasteiger partial charge in [0.2, 0.25) is 0 Å². The molecule has 1 amide bonds. The zero-order valence-corrected chi connectivity index (χ0v) is 11.4. The van der Waals surface area contributed by atoms with Gasteiger partial charge in [-0.2, -0.15) is 0 Å². The predicted octanol–water partition coefficient (Wildman–Crippen LogP) is 0.835. The number of ether oxygens (including phenoxy) is 1. The van der Waals surface area contributed by atoms with Crippen molar-refractivity contribution in [2.24, 2.45) is 0 Å². The Morgan fingerprint density at radius 1 is 1.37 bits per heavy atom. The largest absolute Gasteiger partial charge is 0.458 e. The van der Waals surface area contributed by atoms with Gasteiger partial charge in [-0.25, -0.2) is 4.79 Å². The fourth-order valence-corrected chi connectivity index (χ4v) is 1.32. The van der Waals surface area contributed by atoms with Crippen LogP contribution < -0.4 is 10.9 Å². The predicted molar refractivity (Wildman–Crippen MR) is 69.8 cm³/mol. The molecule has 0 saturated heterocycles. The fourth-order valence-electron chi connectivity index (χ4n) is 1.32. The average Bonchev–Trinajstić information content (AvgIpc) is 2.27. The summed E-state index contributed by atoms with van der Waals surface area (Å²) in [5.41, 5.74) is -1.17. The van der Waals surface area contributed by atoms with E-state index in [0.717, 1.165) is 0 Å². The smallest absolute Gasteiger partial charge is 0.328 e. The average molecular weight is 266 g/mol. The Balaban J connectivity index is 2.70. The summed E-state index contributed by atoms with van der Waals surface area (Å²) in [6.45, 7) is 6.72. The SMILES string of the molecule is C[C@@H](NC(=O)c1ccc[nH]c1=O)C(=O)OC(C)(C)C. The van der Waals surface area contributed by atoms with Crippen LogP contribution in [0.1, 0.15) is 38.1 Å². The highest BCUT2D eigenvalue weighted by molar-refractivity contribution is 5.96. The number of pyridine rings is 1. The standard InChI is InChI=1S/C13H18N2O4/c1-8(12(18)19-13(2,3)4)15-11(17)9-6-5-7-14-10(9)16/h5-8H,1-4H3,(H,14,16)(H,15,17)/t8-/m1/s1. The van der Waals surface area contributed by atoms with E-state index in [0.29, 0.717) is 0 Å². The summed E-state index contributed by atoms with van der Waals surface area (Å²) in [4.78, 5) is 37.3. The minimum atomic E-state index is -0.827. The molecule has 1 heterocycles. The quantitative estimate of drug-likeness (QED) is 0.793. The van der Waals surface area contributed by atoms with Crippen LogP contribution >= 0.6 is 0 Å². The maximum absolute atomic E-state index is 11.8.